The summed E-state index contributed by atoms with van der Waals surface area (Å²) in [6.07, 6.45) is 0. The lowest BCUT2D eigenvalue weighted by atomic mass is 10.1. The molecule has 0 unspecified atom stereocenters. The molecule has 0 saturated heterocycles. The van der Waals surface area contributed by atoms with Crippen molar-refractivity contribution >= 4 is 56.3 Å². The molecule has 0 N–H and O–H groups in total. The highest BCUT2D eigenvalue weighted by atomic mass is 28.3. The number of hydrogen-bond donors (Lipinski definition) is 0. The first-order valence-electron chi connectivity index (χ1n) is 14.2. The largest absolute Gasteiger partial charge is 0.378 e. The van der Waals surface area contributed by atoms with Crippen LogP contribution in [0.5, 0.6) is 0 Å². The summed E-state index contributed by atoms with van der Waals surface area (Å²) in [6, 6.07) is 58.3. The van der Waals surface area contributed by atoms with Crippen LogP contribution in [0, 0.1) is 0 Å². The quantitative estimate of drug-likeness (QED) is 0.178. The third-order valence-corrected chi connectivity index (χ3v) is 13.1. The summed E-state index contributed by atoms with van der Waals surface area (Å²) in [4.78, 5) is 2.20. The topological polar surface area (TPSA) is 8.17 Å². The van der Waals surface area contributed by atoms with Gasteiger partial charge in [-0.1, -0.05) is 121 Å². The lowest BCUT2D eigenvalue weighted by Crippen LogP contribution is -2.74. The molecule has 0 atom stereocenters. The van der Waals surface area contributed by atoms with Gasteiger partial charge in [0.2, 0.25) is 0 Å². The standard InChI is InChI=1S/C38H32N2Si/c1-39(2)30-17-14-22-33(27-30)41(31-18-8-4-9-19-31,32-20-10-5-11-21-32)34-25-26-38-36(28-34)35-23-12-13-24-37(35)40(38)29-15-6-3-7-16-29/h3-28H,1-2H3. The number of para-hydroxylation sites is 2. The van der Waals surface area contributed by atoms with E-state index in [-0.39, 0.29) is 0 Å². The maximum atomic E-state index is 2.49. The third-order valence-electron chi connectivity index (χ3n) is 8.33. The fraction of sp³-hybridized carbons (Fsp3) is 0.0526. The molecule has 1 heterocycles. The second-order valence-corrected chi connectivity index (χ2v) is 14.7. The van der Waals surface area contributed by atoms with Crippen molar-refractivity contribution in [3.63, 3.8) is 0 Å². The van der Waals surface area contributed by atoms with Crippen LogP contribution >= 0.6 is 0 Å². The molecule has 3 heteroatoms. The maximum Gasteiger partial charge on any atom is 0.179 e. The summed E-state index contributed by atoms with van der Waals surface area (Å²) in [5.41, 5.74) is 4.85. The van der Waals surface area contributed by atoms with E-state index in [1.54, 1.807) is 0 Å². The van der Waals surface area contributed by atoms with Gasteiger partial charge in [0.05, 0.1) is 11.0 Å². The molecule has 0 aliphatic heterocycles. The number of benzene rings is 6. The molecule has 6 aromatic carbocycles. The third kappa shape index (κ3) is 4.09. The van der Waals surface area contributed by atoms with Gasteiger partial charge in [0.25, 0.3) is 0 Å². The Labute approximate surface area is 242 Å². The number of fused-ring (bicyclic) bond motifs is 3. The Morgan fingerprint density at radius 1 is 0.439 bits per heavy atom. The molecule has 41 heavy (non-hydrogen) atoms. The van der Waals surface area contributed by atoms with Gasteiger partial charge in [0.1, 0.15) is 0 Å². The first-order chi connectivity index (χ1) is 20.2. The summed E-state index contributed by atoms with van der Waals surface area (Å²) < 4.78 is 2.40. The van der Waals surface area contributed by atoms with Crippen molar-refractivity contribution in [3.05, 3.63) is 158 Å². The van der Waals surface area contributed by atoms with Gasteiger partial charge in [-0.3, -0.25) is 0 Å². The average Bonchev–Trinajstić information content (AvgIpc) is 3.37. The Bertz CT molecular complexity index is 1920. The Hall–Kier alpha value is -4.86. The molecular formula is C38H32N2Si. The minimum Gasteiger partial charge on any atom is -0.378 e. The number of rotatable bonds is 6. The van der Waals surface area contributed by atoms with Gasteiger partial charge in [0.15, 0.2) is 8.07 Å². The second-order valence-electron chi connectivity index (χ2n) is 10.8. The predicted octanol–water partition coefficient (Wildman–Crippen LogP) is 6.23. The molecule has 7 aromatic rings. The number of hydrogen-bond acceptors (Lipinski definition) is 1. The highest BCUT2D eigenvalue weighted by molar-refractivity contribution is 7.20. The minimum atomic E-state index is -2.69. The lowest BCUT2D eigenvalue weighted by molar-refractivity contribution is 1.13. The summed E-state index contributed by atoms with van der Waals surface area (Å²) in [5.74, 6) is 0. The van der Waals surface area contributed by atoms with E-state index < -0.39 is 8.07 Å². The predicted molar refractivity (Wildman–Crippen MR) is 179 cm³/mol. The summed E-state index contributed by atoms with van der Waals surface area (Å²) in [6.45, 7) is 0. The van der Waals surface area contributed by atoms with Crippen molar-refractivity contribution in [2.45, 2.75) is 0 Å². The number of anilines is 1. The smallest absolute Gasteiger partial charge is 0.179 e. The fourth-order valence-electron chi connectivity index (χ4n) is 6.46. The first-order valence-corrected chi connectivity index (χ1v) is 16.2. The van der Waals surface area contributed by atoms with E-state index in [4.69, 9.17) is 0 Å². The molecule has 198 valence electrons. The summed E-state index contributed by atoms with van der Waals surface area (Å²) in [5, 5.41) is 8.09. The van der Waals surface area contributed by atoms with Crippen molar-refractivity contribution in [2.75, 3.05) is 19.0 Å². The van der Waals surface area contributed by atoms with Crippen LogP contribution in [0.25, 0.3) is 27.5 Å². The van der Waals surface area contributed by atoms with Crippen molar-refractivity contribution in [1.82, 2.24) is 4.57 Å². The first kappa shape index (κ1) is 25.1. The molecule has 0 fully saturated rings. The van der Waals surface area contributed by atoms with Gasteiger partial charge >= 0.3 is 0 Å². The van der Waals surface area contributed by atoms with Crippen LogP contribution in [-0.2, 0) is 0 Å². The Morgan fingerprint density at radius 2 is 0.976 bits per heavy atom. The molecule has 0 radical (unpaired) electrons. The lowest BCUT2D eigenvalue weighted by Gasteiger charge is -2.35. The van der Waals surface area contributed by atoms with E-state index >= 15 is 0 Å². The maximum absolute atomic E-state index is 2.69. The van der Waals surface area contributed by atoms with Gasteiger partial charge in [-0.2, -0.15) is 0 Å². The Kier molecular flexibility index (Phi) is 6.30. The molecule has 0 spiro atoms. The highest BCUT2D eigenvalue weighted by Crippen LogP contribution is 2.32. The number of nitrogens with zero attached hydrogens (tertiary/aromatic N) is 2. The van der Waals surface area contributed by atoms with Crippen molar-refractivity contribution in [3.8, 4) is 5.69 Å². The monoisotopic (exact) mass is 544 g/mol. The molecule has 0 bridgehead atoms. The van der Waals surface area contributed by atoms with Gasteiger partial charge in [0, 0.05) is 36.2 Å². The van der Waals surface area contributed by atoms with Crippen LogP contribution in [0.4, 0.5) is 5.69 Å². The van der Waals surface area contributed by atoms with E-state index in [1.165, 1.54) is 53.9 Å². The molecule has 0 aliphatic carbocycles. The fourth-order valence-corrected chi connectivity index (χ4v) is 11.2. The van der Waals surface area contributed by atoms with E-state index in [1.807, 2.05) is 0 Å². The Morgan fingerprint density at radius 3 is 1.63 bits per heavy atom. The zero-order valence-corrected chi connectivity index (χ0v) is 24.4. The zero-order valence-electron chi connectivity index (χ0n) is 23.4. The molecule has 1 aromatic heterocycles. The van der Waals surface area contributed by atoms with Crippen molar-refractivity contribution in [2.24, 2.45) is 0 Å². The zero-order chi connectivity index (χ0) is 27.8. The average molecular weight is 545 g/mol. The molecule has 0 amide bonds. The molecule has 0 aliphatic rings. The SMILES string of the molecule is CN(C)c1cccc([Si](c2ccccc2)(c2ccccc2)c2ccc3c(c2)c2ccccc2n3-c2ccccc2)c1. The second kappa shape index (κ2) is 10.3. The van der Waals surface area contributed by atoms with Gasteiger partial charge in [-0.05, 0) is 57.1 Å². The van der Waals surface area contributed by atoms with Gasteiger partial charge in [-0.25, -0.2) is 0 Å². The van der Waals surface area contributed by atoms with E-state index in [0.29, 0.717) is 0 Å². The van der Waals surface area contributed by atoms with Crippen LogP contribution in [0.1, 0.15) is 0 Å². The van der Waals surface area contributed by atoms with E-state index in [0.717, 1.165) is 0 Å². The summed E-state index contributed by atoms with van der Waals surface area (Å²) in [7, 11) is 1.56. The highest BCUT2D eigenvalue weighted by Gasteiger charge is 2.42. The van der Waals surface area contributed by atoms with Crippen LogP contribution in [-0.4, -0.2) is 26.7 Å². The molecule has 7 rings (SSSR count). The van der Waals surface area contributed by atoms with Gasteiger partial charge in [-0.15, -0.1) is 0 Å². The molecular weight excluding hydrogens is 513 g/mol. The molecule has 0 saturated carbocycles. The van der Waals surface area contributed by atoms with Crippen molar-refractivity contribution in [1.29, 1.82) is 0 Å². The van der Waals surface area contributed by atoms with Crippen LogP contribution < -0.4 is 25.6 Å². The Balaban J connectivity index is 1.61. The van der Waals surface area contributed by atoms with Crippen LogP contribution in [0.15, 0.2) is 158 Å². The van der Waals surface area contributed by atoms with Crippen molar-refractivity contribution < 1.29 is 0 Å². The number of aromatic nitrogens is 1. The van der Waals surface area contributed by atoms with E-state index in [2.05, 4.69) is 181 Å². The van der Waals surface area contributed by atoms with Gasteiger partial charge < -0.3 is 9.47 Å². The minimum absolute atomic E-state index is 1.18. The van der Waals surface area contributed by atoms with E-state index in [9.17, 15) is 0 Å². The normalized spacial score (nSPS) is 11.7. The molecule has 2 nitrogen and oxygen atoms in total. The van der Waals surface area contributed by atoms with Crippen LogP contribution in [0.2, 0.25) is 0 Å². The summed E-state index contributed by atoms with van der Waals surface area (Å²) >= 11 is 0. The van der Waals surface area contributed by atoms with Crippen LogP contribution in [0.3, 0.4) is 0 Å².